The monoisotopic (exact) mass is 201 g/mol. The number of rotatable bonds is 3. The topological polar surface area (TPSA) is 101 Å². The third-order valence-corrected chi connectivity index (χ3v) is 1.61. The van der Waals surface area contributed by atoms with E-state index in [0.717, 1.165) is 11.1 Å². The minimum absolute atomic E-state index is 0.0839. The average molecular weight is 201 g/mol. The zero-order chi connectivity index (χ0) is 11.1. The summed E-state index contributed by atoms with van der Waals surface area (Å²) in [6.07, 6.45) is 1.91. The van der Waals surface area contributed by atoms with Gasteiger partial charge < -0.3 is 11.5 Å². The SMILES string of the molecule is N#CCc1cccc(C=NN=C(N)N)c1. The third-order valence-electron chi connectivity index (χ3n) is 1.61. The Balaban J connectivity index is 2.78. The molecule has 0 fully saturated rings. The second kappa shape index (κ2) is 5.40. The molecule has 0 radical (unpaired) electrons. The summed E-state index contributed by atoms with van der Waals surface area (Å²) in [5, 5.41) is 15.7. The molecule has 76 valence electrons. The predicted octanol–water partition coefficient (Wildman–Crippen LogP) is 0.360. The molecular formula is C10H11N5. The Bertz CT molecular complexity index is 424. The van der Waals surface area contributed by atoms with E-state index in [-0.39, 0.29) is 5.96 Å². The summed E-state index contributed by atoms with van der Waals surface area (Å²) in [4.78, 5) is 0. The quantitative estimate of drug-likeness (QED) is 0.419. The summed E-state index contributed by atoms with van der Waals surface area (Å²) < 4.78 is 0. The van der Waals surface area contributed by atoms with Crippen molar-refractivity contribution in [2.24, 2.45) is 21.7 Å². The van der Waals surface area contributed by atoms with Crippen molar-refractivity contribution in [2.45, 2.75) is 6.42 Å². The minimum atomic E-state index is -0.0839. The van der Waals surface area contributed by atoms with Gasteiger partial charge in [0.1, 0.15) is 0 Å². The normalized spacial score (nSPS) is 9.80. The van der Waals surface area contributed by atoms with E-state index in [1.807, 2.05) is 24.3 Å². The van der Waals surface area contributed by atoms with Crippen molar-refractivity contribution in [3.05, 3.63) is 35.4 Å². The lowest BCUT2D eigenvalue weighted by atomic mass is 10.1. The molecule has 1 rings (SSSR count). The first-order valence-corrected chi connectivity index (χ1v) is 4.30. The molecule has 15 heavy (non-hydrogen) atoms. The van der Waals surface area contributed by atoms with Gasteiger partial charge in [0.05, 0.1) is 18.7 Å². The fourth-order valence-corrected chi connectivity index (χ4v) is 1.04. The van der Waals surface area contributed by atoms with Crippen LogP contribution in [0.4, 0.5) is 0 Å². The molecule has 0 saturated carbocycles. The number of benzene rings is 1. The summed E-state index contributed by atoms with van der Waals surface area (Å²) in [5.74, 6) is -0.0839. The van der Waals surface area contributed by atoms with Gasteiger partial charge in [0.2, 0.25) is 5.96 Å². The maximum Gasteiger partial charge on any atom is 0.211 e. The van der Waals surface area contributed by atoms with Crippen LogP contribution in [0.1, 0.15) is 11.1 Å². The van der Waals surface area contributed by atoms with Crippen molar-refractivity contribution in [3.63, 3.8) is 0 Å². The van der Waals surface area contributed by atoms with Crippen LogP contribution in [0.25, 0.3) is 0 Å². The highest BCUT2D eigenvalue weighted by Crippen LogP contribution is 2.03. The highest BCUT2D eigenvalue weighted by Gasteiger charge is 1.92. The summed E-state index contributed by atoms with van der Waals surface area (Å²) in [6, 6.07) is 9.51. The maximum atomic E-state index is 8.52. The van der Waals surface area contributed by atoms with E-state index >= 15 is 0 Å². The van der Waals surface area contributed by atoms with Crippen LogP contribution in [0.5, 0.6) is 0 Å². The first-order chi connectivity index (χ1) is 7.22. The molecule has 0 spiro atoms. The van der Waals surface area contributed by atoms with E-state index in [1.165, 1.54) is 6.21 Å². The highest BCUT2D eigenvalue weighted by atomic mass is 15.3. The van der Waals surface area contributed by atoms with Gasteiger partial charge in [-0.3, -0.25) is 0 Å². The van der Waals surface area contributed by atoms with E-state index in [4.69, 9.17) is 16.7 Å². The second-order valence-corrected chi connectivity index (χ2v) is 2.85. The summed E-state index contributed by atoms with van der Waals surface area (Å²) in [6.45, 7) is 0. The molecular weight excluding hydrogens is 190 g/mol. The van der Waals surface area contributed by atoms with Gasteiger partial charge in [-0.15, -0.1) is 5.10 Å². The lowest BCUT2D eigenvalue weighted by Gasteiger charge is -1.95. The van der Waals surface area contributed by atoms with E-state index < -0.39 is 0 Å². The van der Waals surface area contributed by atoms with Gasteiger partial charge >= 0.3 is 0 Å². The summed E-state index contributed by atoms with van der Waals surface area (Å²) >= 11 is 0. The fraction of sp³-hybridized carbons (Fsp3) is 0.100. The molecule has 0 unspecified atom stereocenters. The van der Waals surface area contributed by atoms with Gasteiger partial charge in [-0.25, -0.2) is 0 Å². The van der Waals surface area contributed by atoms with Crippen LogP contribution in [-0.2, 0) is 6.42 Å². The van der Waals surface area contributed by atoms with E-state index in [0.29, 0.717) is 6.42 Å². The van der Waals surface area contributed by atoms with Crippen LogP contribution in [0, 0.1) is 11.3 Å². The molecule has 0 atom stereocenters. The Morgan fingerprint density at radius 1 is 1.47 bits per heavy atom. The smallest absolute Gasteiger partial charge is 0.211 e. The van der Waals surface area contributed by atoms with Gasteiger partial charge in [0.25, 0.3) is 0 Å². The molecule has 0 heterocycles. The van der Waals surface area contributed by atoms with Crippen molar-refractivity contribution in [2.75, 3.05) is 0 Å². The molecule has 4 N–H and O–H groups in total. The first kappa shape index (κ1) is 10.7. The molecule has 5 nitrogen and oxygen atoms in total. The first-order valence-electron chi connectivity index (χ1n) is 4.30. The standard InChI is InChI=1S/C10H11N5/c11-5-4-8-2-1-3-9(6-8)7-14-15-10(12)13/h1-3,6-7H,4H2,(H4,12,13,15). The Morgan fingerprint density at radius 3 is 2.93 bits per heavy atom. The predicted molar refractivity (Wildman–Crippen MR) is 59.2 cm³/mol. The van der Waals surface area contributed by atoms with E-state index in [1.54, 1.807) is 0 Å². The second-order valence-electron chi connectivity index (χ2n) is 2.85. The maximum absolute atomic E-state index is 8.52. The largest absolute Gasteiger partial charge is 0.369 e. The fourth-order valence-electron chi connectivity index (χ4n) is 1.04. The number of hydrogen-bond donors (Lipinski definition) is 2. The number of nitrogens with zero attached hydrogens (tertiary/aromatic N) is 3. The van der Waals surface area contributed by atoms with Gasteiger partial charge in [0.15, 0.2) is 0 Å². The highest BCUT2D eigenvalue weighted by molar-refractivity contribution is 5.81. The van der Waals surface area contributed by atoms with Crippen molar-refractivity contribution < 1.29 is 0 Å². The van der Waals surface area contributed by atoms with Crippen LogP contribution in [0.2, 0.25) is 0 Å². The zero-order valence-electron chi connectivity index (χ0n) is 8.09. The molecule has 0 aromatic heterocycles. The molecule has 0 aliphatic heterocycles. The van der Waals surface area contributed by atoms with Crippen LogP contribution >= 0.6 is 0 Å². The molecule has 5 heteroatoms. The van der Waals surface area contributed by atoms with Gasteiger partial charge in [0, 0.05) is 0 Å². The van der Waals surface area contributed by atoms with Gasteiger partial charge in [-0.2, -0.15) is 10.4 Å². The Kier molecular flexibility index (Phi) is 3.86. The number of hydrogen-bond acceptors (Lipinski definition) is 3. The van der Waals surface area contributed by atoms with E-state index in [2.05, 4.69) is 16.3 Å². The third kappa shape index (κ3) is 3.91. The molecule has 0 aliphatic rings. The Morgan fingerprint density at radius 2 is 2.27 bits per heavy atom. The zero-order valence-corrected chi connectivity index (χ0v) is 8.09. The minimum Gasteiger partial charge on any atom is -0.369 e. The lowest BCUT2D eigenvalue weighted by Crippen LogP contribution is -2.21. The molecule has 0 amide bonds. The lowest BCUT2D eigenvalue weighted by molar-refractivity contribution is 1.21. The average Bonchev–Trinajstić information content (AvgIpc) is 2.18. The summed E-state index contributed by atoms with van der Waals surface area (Å²) in [7, 11) is 0. The molecule has 0 bridgehead atoms. The van der Waals surface area contributed by atoms with Crippen molar-refractivity contribution in [1.82, 2.24) is 0 Å². The summed E-state index contributed by atoms with van der Waals surface area (Å²) in [5.41, 5.74) is 12.0. The van der Waals surface area contributed by atoms with E-state index in [9.17, 15) is 0 Å². The van der Waals surface area contributed by atoms with Crippen LogP contribution in [-0.4, -0.2) is 12.2 Å². The van der Waals surface area contributed by atoms with Crippen molar-refractivity contribution in [3.8, 4) is 6.07 Å². The molecule has 1 aromatic carbocycles. The number of nitrogens with two attached hydrogens (primary N) is 2. The Labute approximate surface area is 87.7 Å². The van der Waals surface area contributed by atoms with Gasteiger partial charge in [-0.1, -0.05) is 18.2 Å². The Hall–Kier alpha value is -2.35. The molecule has 0 aliphatic carbocycles. The van der Waals surface area contributed by atoms with Crippen LogP contribution in [0.3, 0.4) is 0 Å². The molecule has 1 aromatic rings. The molecule has 0 saturated heterocycles. The number of guanidine groups is 1. The van der Waals surface area contributed by atoms with Crippen molar-refractivity contribution in [1.29, 1.82) is 5.26 Å². The van der Waals surface area contributed by atoms with Gasteiger partial charge in [-0.05, 0) is 17.2 Å². The number of nitriles is 1. The van der Waals surface area contributed by atoms with Crippen LogP contribution < -0.4 is 11.5 Å². The van der Waals surface area contributed by atoms with Crippen LogP contribution in [0.15, 0.2) is 34.5 Å². The van der Waals surface area contributed by atoms with Crippen molar-refractivity contribution >= 4 is 12.2 Å².